The Bertz CT molecular complexity index is 1020. The summed E-state index contributed by atoms with van der Waals surface area (Å²) in [6, 6.07) is 16.9. The number of rotatable bonds is 8. The Morgan fingerprint density at radius 3 is 2.47 bits per heavy atom. The van der Waals surface area contributed by atoms with Crippen molar-refractivity contribution < 1.29 is 19.2 Å². The number of carbonyl (C=O) groups excluding carboxylic acids is 1. The van der Waals surface area contributed by atoms with Gasteiger partial charge >= 0.3 is 5.97 Å². The second-order valence-electron chi connectivity index (χ2n) is 6.68. The fourth-order valence-electron chi connectivity index (χ4n) is 2.74. The Morgan fingerprint density at radius 2 is 1.83 bits per heavy atom. The molecule has 0 aliphatic rings. The van der Waals surface area contributed by atoms with Crippen molar-refractivity contribution >= 4 is 17.3 Å². The number of pyridine rings is 1. The Kier molecular flexibility index (Phi) is 6.59. The molecule has 0 aliphatic heterocycles. The molecule has 1 heterocycles. The monoisotopic (exact) mass is 407 g/mol. The summed E-state index contributed by atoms with van der Waals surface area (Å²) >= 11 is 0. The first-order valence-electron chi connectivity index (χ1n) is 9.18. The van der Waals surface area contributed by atoms with E-state index in [0.717, 1.165) is 11.3 Å². The highest BCUT2D eigenvalue weighted by Gasteiger charge is 2.19. The third kappa shape index (κ3) is 5.32. The predicted octanol–water partition coefficient (Wildman–Crippen LogP) is 3.99. The summed E-state index contributed by atoms with van der Waals surface area (Å²) in [6.45, 7) is 0.393. The molecule has 0 radical (unpaired) electrons. The van der Waals surface area contributed by atoms with E-state index in [9.17, 15) is 14.9 Å². The Balaban J connectivity index is 1.62. The quantitative estimate of drug-likeness (QED) is 0.316. The maximum Gasteiger partial charge on any atom is 0.340 e. The van der Waals surface area contributed by atoms with Gasteiger partial charge in [-0.1, -0.05) is 18.2 Å². The maximum atomic E-state index is 12.5. The Hall–Kier alpha value is -3.94. The number of esters is 1. The summed E-state index contributed by atoms with van der Waals surface area (Å²) < 4.78 is 11.0. The number of carbonyl (C=O) groups is 1. The van der Waals surface area contributed by atoms with E-state index in [1.54, 1.807) is 49.5 Å². The summed E-state index contributed by atoms with van der Waals surface area (Å²) in [5.74, 6) is 0.0437. The largest absolute Gasteiger partial charge is 0.487 e. The summed E-state index contributed by atoms with van der Waals surface area (Å²) in [7, 11) is 3.50. The van der Waals surface area contributed by atoms with E-state index in [4.69, 9.17) is 9.47 Å². The first kappa shape index (κ1) is 20.8. The van der Waals surface area contributed by atoms with Crippen molar-refractivity contribution in [1.82, 2.24) is 4.98 Å². The summed E-state index contributed by atoms with van der Waals surface area (Å²) in [5.41, 5.74) is 2.12. The number of hydrogen-bond acceptors (Lipinski definition) is 7. The SMILES string of the molecule is CN(C)c1ccc([N+](=O)[O-])cc1C(=O)OCc1ccc(OCc2ccccn2)cc1. The van der Waals surface area contributed by atoms with Crippen LogP contribution >= 0.6 is 0 Å². The molecule has 0 bridgehead atoms. The average Bonchev–Trinajstić information content (AvgIpc) is 2.77. The molecule has 0 saturated carbocycles. The number of hydrogen-bond donors (Lipinski definition) is 0. The molecule has 0 fully saturated rings. The molecular formula is C22H21N3O5. The van der Waals surface area contributed by atoms with Gasteiger partial charge in [0.05, 0.1) is 21.9 Å². The Labute approximate surface area is 173 Å². The smallest absolute Gasteiger partial charge is 0.340 e. The van der Waals surface area contributed by atoms with Crippen LogP contribution in [0.25, 0.3) is 0 Å². The zero-order valence-electron chi connectivity index (χ0n) is 16.6. The molecular weight excluding hydrogens is 386 g/mol. The normalized spacial score (nSPS) is 10.3. The van der Waals surface area contributed by atoms with Crippen LogP contribution in [0.15, 0.2) is 66.9 Å². The minimum absolute atomic E-state index is 0.0366. The van der Waals surface area contributed by atoms with Crippen molar-refractivity contribution in [1.29, 1.82) is 0 Å². The topological polar surface area (TPSA) is 94.8 Å². The van der Waals surface area contributed by atoms with Gasteiger partial charge in [0.15, 0.2) is 0 Å². The van der Waals surface area contributed by atoms with Gasteiger partial charge in [-0.2, -0.15) is 0 Å². The van der Waals surface area contributed by atoms with Crippen LogP contribution in [0.5, 0.6) is 5.75 Å². The molecule has 0 N–H and O–H groups in total. The highest BCUT2D eigenvalue weighted by atomic mass is 16.6. The first-order valence-corrected chi connectivity index (χ1v) is 9.18. The van der Waals surface area contributed by atoms with E-state index >= 15 is 0 Å². The van der Waals surface area contributed by atoms with Crippen LogP contribution in [0.1, 0.15) is 21.6 Å². The van der Waals surface area contributed by atoms with Gasteiger partial charge in [-0.3, -0.25) is 15.1 Å². The zero-order chi connectivity index (χ0) is 21.5. The molecule has 0 atom stereocenters. The number of anilines is 1. The van der Waals surface area contributed by atoms with Gasteiger partial charge in [-0.15, -0.1) is 0 Å². The lowest BCUT2D eigenvalue weighted by Gasteiger charge is -2.16. The second kappa shape index (κ2) is 9.51. The molecule has 8 nitrogen and oxygen atoms in total. The van der Waals surface area contributed by atoms with Crippen molar-refractivity contribution in [2.75, 3.05) is 19.0 Å². The molecule has 2 aromatic carbocycles. The van der Waals surface area contributed by atoms with Crippen LogP contribution in [0.3, 0.4) is 0 Å². The molecule has 0 amide bonds. The van der Waals surface area contributed by atoms with Gasteiger partial charge in [0, 0.05) is 32.4 Å². The summed E-state index contributed by atoms with van der Waals surface area (Å²) in [6.07, 6.45) is 1.71. The molecule has 0 spiro atoms. The van der Waals surface area contributed by atoms with E-state index in [-0.39, 0.29) is 17.9 Å². The minimum Gasteiger partial charge on any atom is -0.487 e. The lowest BCUT2D eigenvalue weighted by Crippen LogP contribution is -2.15. The van der Waals surface area contributed by atoms with Crippen molar-refractivity contribution in [3.63, 3.8) is 0 Å². The van der Waals surface area contributed by atoms with Gasteiger partial charge in [0.2, 0.25) is 0 Å². The van der Waals surface area contributed by atoms with E-state index in [2.05, 4.69) is 4.98 Å². The summed E-state index contributed by atoms with van der Waals surface area (Å²) in [4.78, 5) is 28.9. The third-order valence-corrected chi connectivity index (χ3v) is 4.30. The van der Waals surface area contributed by atoms with Gasteiger partial charge in [-0.25, -0.2) is 4.79 Å². The number of nitrogens with zero attached hydrogens (tertiary/aromatic N) is 3. The van der Waals surface area contributed by atoms with Crippen LogP contribution in [-0.4, -0.2) is 30.0 Å². The fourth-order valence-corrected chi connectivity index (χ4v) is 2.74. The van der Waals surface area contributed by atoms with Gasteiger partial charge in [0.25, 0.3) is 5.69 Å². The van der Waals surface area contributed by atoms with Crippen molar-refractivity contribution in [2.45, 2.75) is 13.2 Å². The Morgan fingerprint density at radius 1 is 1.07 bits per heavy atom. The van der Waals surface area contributed by atoms with Crippen molar-refractivity contribution in [3.05, 3.63) is 93.8 Å². The van der Waals surface area contributed by atoms with Crippen LogP contribution in [0.4, 0.5) is 11.4 Å². The number of nitro benzene ring substituents is 1. The number of ether oxygens (including phenoxy) is 2. The van der Waals surface area contributed by atoms with E-state index in [0.29, 0.717) is 18.0 Å². The second-order valence-corrected chi connectivity index (χ2v) is 6.68. The van der Waals surface area contributed by atoms with Crippen LogP contribution < -0.4 is 9.64 Å². The number of aromatic nitrogens is 1. The van der Waals surface area contributed by atoms with Crippen LogP contribution in [0, 0.1) is 10.1 Å². The predicted molar refractivity (Wildman–Crippen MR) is 112 cm³/mol. The standard InChI is InChI=1S/C22H21N3O5/c1-24(2)21-11-8-18(25(27)28)13-20(21)22(26)30-14-16-6-9-19(10-7-16)29-15-17-5-3-4-12-23-17/h3-13H,14-15H2,1-2H3. The van der Waals surface area contributed by atoms with Gasteiger partial charge in [0.1, 0.15) is 19.0 Å². The maximum absolute atomic E-state index is 12.5. The zero-order valence-corrected chi connectivity index (χ0v) is 16.6. The molecule has 154 valence electrons. The molecule has 30 heavy (non-hydrogen) atoms. The fraction of sp³-hybridized carbons (Fsp3) is 0.182. The molecule has 0 unspecified atom stereocenters. The van der Waals surface area contributed by atoms with Gasteiger partial charge in [-0.05, 0) is 35.9 Å². The highest BCUT2D eigenvalue weighted by Crippen LogP contribution is 2.25. The average molecular weight is 407 g/mol. The molecule has 3 rings (SSSR count). The molecule has 0 aliphatic carbocycles. The van der Waals surface area contributed by atoms with E-state index in [1.807, 2.05) is 18.2 Å². The number of nitro groups is 1. The third-order valence-electron chi connectivity index (χ3n) is 4.30. The highest BCUT2D eigenvalue weighted by molar-refractivity contribution is 5.96. The minimum atomic E-state index is -0.627. The molecule has 1 aromatic heterocycles. The first-order chi connectivity index (χ1) is 14.4. The lowest BCUT2D eigenvalue weighted by atomic mass is 10.1. The van der Waals surface area contributed by atoms with Crippen LogP contribution in [-0.2, 0) is 18.0 Å². The number of benzene rings is 2. The molecule has 0 saturated heterocycles. The number of non-ortho nitro benzene ring substituents is 1. The van der Waals surface area contributed by atoms with Gasteiger partial charge < -0.3 is 14.4 Å². The van der Waals surface area contributed by atoms with Crippen molar-refractivity contribution in [2.24, 2.45) is 0 Å². The molecule has 3 aromatic rings. The van der Waals surface area contributed by atoms with E-state index < -0.39 is 10.9 Å². The lowest BCUT2D eigenvalue weighted by molar-refractivity contribution is -0.384. The molecule has 8 heteroatoms. The summed E-state index contributed by atoms with van der Waals surface area (Å²) in [5, 5.41) is 11.0. The van der Waals surface area contributed by atoms with E-state index in [1.165, 1.54) is 18.2 Å². The van der Waals surface area contributed by atoms with Crippen LogP contribution in [0.2, 0.25) is 0 Å². The van der Waals surface area contributed by atoms with Crippen molar-refractivity contribution in [3.8, 4) is 5.75 Å².